The van der Waals surface area contributed by atoms with E-state index in [1.54, 1.807) is 6.07 Å². The van der Waals surface area contributed by atoms with Gasteiger partial charge in [-0.25, -0.2) is 9.67 Å². The molecular formula is C22H24N4O. The molecule has 138 valence electrons. The fraction of sp³-hybridized carbons (Fsp3) is 0.273. The van der Waals surface area contributed by atoms with Crippen molar-refractivity contribution in [2.45, 2.75) is 25.9 Å². The van der Waals surface area contributed by atoms with Crippen molar-refractivity contribution in [3.8, 4) is 17.1 Å². The number of para-hydroxylation sites is 1. The van der Waals surface area contributed by atoms with Gasteiger partial charge in [0.2, 0.25) is 0 Å². The fourth-order valence-electron chi connectivity index (χ4n) is 3.42. The second-order valence-corrected chi connectivity index (χ2v) is 6.87. The van der Waals surface area contributed by atoms with Crippen molar-refractivity contribution in [2.24, 2.45) is 0 Å². The molecule has 1 aliphatic heterocycles. The van der Waals surface area contributed by atoms with E-state index in [0.717, 1.165) is 18.7 Å². The van der Waals surface area contributed by atoms with E-state index in [4.69, 9.17) is 10.1 Å². The van der Waals surface area contributed by atoms with Gasteiger partial charge in [0.05, 0.1) is 12.2 Å². The molecule has 3 aromatic rings. The second-order valence-electron chi connectivity index (χ2n) is 6.87. The summed E-state index contributed by atoms with van der Waals surface area (Å²) in [6, 6.07) is 17.4. The van der Waals surface area contributed by atoms with Crippen LogP contribution in [0.2, 0.25) is 0 Å². The number of hydrogen-bond donors (Lipinski definition) is 1. The molecule has 5 nitrogen and oxygen atoms in total. The van der Waals surface area contributed by atoms with Gasteiger partial charge in [-0.3, -0.25) is 4.90 Å². The van der Waals surface area contributed by atoms with Crippen molar-refractivity contribution >= 4 is 12.2 Å². The summed E-state index contributed by atoms with van der Waals surface area (Å²) in [5.74, 6) is 1.57. The number of nitrogens with zero attached hydrogens (tertiary/aromatic N) is 4. The van der Waals surface area contributed by atoms with Crippen molar-refractivity contribution in [3.63, 3.8) is 0 Å². The highest BCUT2D eigenvalue weighted by Gasteiger charge is 2.17. The standard InChI is InChI=1S/C22H24N4O/c27-20-12-6-5-11-19(20)22-23-21(14-13-18-9-3-1-4-10-18)24-26(22)17-25-15-7-2-8-16-25/h1,3-6,9-14,27H,2,7-8,15-17H2/b14-13+. The molecule has 2 aromatic carbocycles. The van der Waals surface area contributed by atoms with Crippen molar-refractivity contribution < 1.29 is 5.11 Å². The van der Waals surface area contributed by atoms with E-state index in [9.17, 15) is 5.11 Å². The molecule has 1 aliphatic rings. The number of phenols is 1. The molecule has 1 fully saturated rings. The Bertz CT molecular complexity index is 911. The van der Waals surface area contributed by atoms with Crippen LogP contribution < -0.4 is 0 Å². The Kier molecular flexibility index (Phi) is 5.30. The number of phenolic OH excluding ortho intramolecular Hbond substituents is 1. The van der Waals surface area contributed by atoms with Gasteiger partial charge in [-0.15, -0.1) is 5.10 Å². The van der Waals surface area contributed by atoms with Crippen molar-refractivity contribution in [3.05, 3.63) is 66.0 Å². The first-order valence-electron chi connectivity index (χ1n) is 9.48. The van der Waals surface area contributed by atoms with Gasteiger partial charge in [-0.05, 0) is 49.7 Å². The molecule has 0 radical (unpaired) electrons. The molecule has 0 atom stereocenters. The Hall–Kier alpha value is -2.92. The van der Waals surface area contributed by atoms with Crippen molar-refractivity contribution in [1.29, 1.82) is 0 Å². The van der Waals surface area contributed by atoms with E-state index < -0.39 is 0 Å². The van der Waals surface area contributed by atoms with Crippen molar-refractivity contribution in [1.82, 2.24) is 19.7 Å². The SMILES string of the molecule is Oc1ccccc1-c1nc(/C=C/c2ccccc2)nn1CN1CCCCC1. The maximum absolute atomic E-state index is 10.3. The van der Waals surface area contributed by atoms with Crippen LogP contribution in [0.3, 0.4) is 0 Å². The molecule has 0 saturated carbocycles. The molecule has 5 heteroatoms. The lowest BCUT2D eigenvalue weighted by Crippen LogP contribution is -2.32. The van der Waals surface area contributed by atoms with Crippen LogP contribution in [0.25, 0.3) is 23.5 Å². The largest absolute Gasteiger partial charge is 0.507 e. The molecule has 1 N–H and O–H groups in total. The molecule has 0 aliphatic carbocycles. The number of rotatable bonds is 5. The Morgan fingerprint density at radius 3 is 2.41 bits per heavy atom. The van der Waals surface area contributed by atoms with Gasteiger partial charge < -0.3 is 5.11 Å². The normalized spacial score (nSPS) is 15.4. The third kappa shape index (κ3) is 4.26. The first-order valence-corrected chi connectivity index (χ1v) is 9.48. The topological polar surface area (TPSA) is 54.2 Å². The lowest BCUT2D eigenvalue weighted by atomic mass is 10.1. The van der Waals surface area contributed by atoms with Crippen LogP contribution >= 0.6 is 0 Å². The predicted molar refractivity (Wildman–Crippen MR) is 108 cm³/mol. The zero-order chi connectivity index (χ0) is 18.5. The van der Waals surface area contributed by atoms with E-state index in [1.807, 2.05) is 65.4 Å². The summed E-state index contributed by atoms with van der Waals surface area (Å²) >= 11 is 0. The monoisotopic (exact) mass is 360 g/mol. The highest BCUT2D eigenvalue weighted by atomic mass is 16.3. The minimum absolute atomic E-state index is 0.225. The highest BCUT2D eigenvalue weighted by Crippen LogP contribution is 2.28. The van der Waals surface area contributed by atoms with Crippen LogP contribution in [-0.4, -0.2) is 37.9 Å². The van der Waals surface area contributed by atoms with Gasteiger partial charge in [-0.1, -0.05) is 55.0 Å². The molecule has 27 heavy (non-hydrogen) atoms. The van der Waals surface area contributed by atoms with Crippen LogP contribution in [0.4, 0.5) is 0 Å². The van der Waals surface area contributed by atoms with E-state index in [-0.39, 0.29) is 5.75 Å². The lowest BCUT2D eigenvalue weighted by molar-refractivity contribution is 0.174. The average molecular weight is 360 g/mol. The molecule has 0 amide bonds. The predicted octanol–water partition coefficient (Wildman–Crippen LogP) is 4.26. The lowest BCUT2D eigenvalue weighted by Gasteiger charge is -2.26. The van der Waals surface area contributed by atoms with E-state index in [0.29, 0.717) is 23.9 Å². The molecule has 1 aromatic heterocycles. The number of hydrogen-bond acceptors (Lipinski definition) is 4. The fourth-order valence-corrected chi connectivity index (χ4v) is 3.42. The number of likely N-dealkylation sites (tertiary alicyclic amines) is 1. The Morgan fingerprint density at radius 2 is 1.63 bits per heavy atom. The van der Waals surface area contributed by atoms with E-state index in [1.165, 1.54) is 19.3 Å². The zero-order valence-electron chi connectivity index (χ0n) is 15.3. The van der Waals surface area contributed by atoms with Crippen LogP contribution in [-0.2, 0) is 6.67 Å². The zero-order valence-corrected chi connectivity index (χ0v) is 15.3. The third-order valence-electron chi connectivity index (χ3n) is 4.84. The Morgan fingerprint density at radius 1 is 0.889 bits per heavy atom. The Balaban J connectivity index is 1.66. The number of piperidine rings is 1. The summed E-state index contributed by atoms with van der Waals surface area (Å²) in [4.78, 5) is 7.10. The first kappa shape index (κ1) is 17.5. The van der Waals surface area contributed by atoms with Gasteiger partial charge >= 0.3 is 0 Å². The van der Waals surface area contributed by atoms with Gasteiger partial charge in [0, 0.05) is 0 Å². The van der Waals surface area contributed by atoms with Gasteiger partial charge in [0.15, 0.2) is 11.6 Å². The van der Waals surface area contributed by atoms with Crippen LogP contribution in [0.15, 0.2) is 54.6 Å². The van der Waals surface area contributed by atoms with Gasteiger partial charge in [-0.2, -0.15) is 0 Å². The molecule has 0 bridgehead atoms. The molecule has 0 spiro atoms. The van der Waals surface area contributed by atoms with Crippen LogP contribution in [0, 0.1) is 0 Å². The minimum Gasteiger partial charge on any atom is -0.507 e. The summed E-state index contributed by atoms with van der Waals surface area (Å²) in [6.07, 6.45) is 7.68. The third-order valence-corrected chi connectivity index (χ3v) is 4.84. The molecule has 2 heterocycles. The average Bonchev–Trinajstić information content (AvgIpc) is 3.11. The summed E-state index contributed by atoms with van der Waals surface area (Å²) in [7, 11) is 0. The molecular weight excluding hydrogens is 336 g/mol. The first-order chi connectivity index (χ1) is 13.3. The summed E-state index contributed by atoms with van der Waals surface area (Å²) < 4.78 is 1.91. The molecule has 0 unspecified atom stereocenters. The van der Waals surface area contributed by atoms with E-state index >= 15 is 0 Å². The number of benzene rings is 2. The number of aromatic hydroxyl groups is 1. The van der Waals surface area contributed by atoms with Crippen LogP contribution in [0.1, 0.15) is 30.7 Å². The summed E-state index contributed by atoms with van der Waals surface area (Å²) in [6.45, 7) is 2.85. The summed E-state index contributed by atoms with van der Waals surface area (Å²) in [5, 5.41) is 15.0. The minimum atomic E-state index is 0.225. The van der Waals surface area contributed by atoms with Crippen molar-refractivity contribution in [2.75, 3.05) is 13.1 Å². The smallest absolute Gasteiger partial charge is 0.174 e. The quantitative estimate of drug-likeness (QED) is 0.738. The maximum atomic E-state index is 10.3. The Labute approximate surface area is 159 Å². The molecule has 4 rings (SSSR count). The number of aromatic nitrogens is 3. The summed E-state index contributed by atoms with van der Waals surface area (Å²) in [5.41, 5.74) is 1.82. The van der Waals surface area contributed by atoms with Crippen LogP contribution in [0.5, 0.6) is 5.75 Å². The van der Waals surface area contributed by atoms with Gasteiger partial charge in [0.1, 0.15) is 5.75 Å². The van der Waals surface area contributed by atoms with E-state index in [2.05, 4.69) is 4.90 Å². The molecule has 1 saturated heterocycles. The van der Waals surface area contributed by atoms with Gasteiger partial charge in [0.25, 0.3) is 0 Å². The second kappa shape index (κ2) is 8.18. The highest BCUT2D eigenvalue weighted by molar-refractivity contribution is 5.69. The maximum Gasteiger partial charge on any atom is 0.174 e.